The molecule has 2 rings (SSSR count). The molecule has 2 aromatic heterocycles. The summed E-state index contributed by atoms with van der Waals surface area (Å²) >= 11 is 13.1. The van der Waals surface area contributed by atoms with Crippen molar-refractivity contribution in [3.8, 4) is 0 Å². The SMILES string of the molecule is CCc1cnc(CNC(=O)c2ccc(Cl)nc2Cl)s1. The molecule has 19 heavy (non-hydrogen) atoms. The Morgan fingerprint density at radius 3 is 2.84 bits per heavy atom. The monoisotopic (exact) mass is 315 g/mol. The van der Waals surface area contributed by atoms with Crippen molar-refractivity contribution >= 4 is 40.4 Å². The number of halogens is 2. The highest BCUT2D eigenvalue weighted by Gasteiger charge is 2.12. The largest absolute Gasteiger partial charge is 0.345 e. The maximum Gasteiger partial charge on any atom is 0.254 e. The number of pyridine rings is 1. The molecule has 0 fully saturated rings. The predicted molar refractivity (Wildman–Crippen MR) is 76.9 cm³/mol. The minimum absolute atomic E-state index is 0.0957. The quantitative estimate of drug-likeness (QED) is 0.880. The summed E-state index contributed by atoms with van der Waals surface area (Å²) in [5, 5.41) is 3.97. The van der Waals surface area contributed by atoms with Crippen LogP contribution in [0.15, 0.2) is 18.3 Å². The van der Waals surface area contributed by atoms with Crippen LogP contribution in [-0.4, -0.2) is 15.9 Å². The van der Waals surface area contributed by atoms with Crippen LogP contribution in [0.3, 0.4) is 0 Å². The van der Waals surface area contributed by atoms with Crippen LogP contribution in [-0.2, 0) is 13.0 Å². The van der Waals surface area contributed by atoms with E-state index in [-0.39, 0.29) is 16.2 Å². The molecule has 4 nitrogen and oxygen atoms in total. The van der Waals surface area contributed by atoms with E-state index in [1.165, 1.54) is 10.9 Å². The Balaban J connectivity index is 2.01. The van der Waals surface area contributed by atoms with Crippen LogP contribution in [0, 0.1) is 0 Å². The summed E-state index contributed by atoms with van der Waals surface area (Å²) < 4.78 is 0. The first-order valence-electron chi connectivity index (χ1n) is 5.64. The summed E-state index contributed by atoms with van der Waals surface area (Å²) in [4.78, 5) is 21.2. The molecule has 0 saturated heterocycles. The van der Waals surface area contributed by atoms with E-state index < -0.39 is 0 Å². The first-order valence-corrected chi connectivity index (χ1v) is 7.21. The van der Waals surface area contributed by atoms with E-state index in [4.69, 9.17) is 23.2 Å². The molecule has 1 N–H and O–H groups in total. The molecular formula is C12H11Cl2N3OS. The number of nitrogens with one attached hydrogen (secondary N) is 1. The predicted octanol–water partition coefficient (Wildman–Crippen LogP) is 3.34. The molecule has 0 spiro atoms. The van der Waals surface area contributed by atoms with Gasteiger partial charge in [-0.05, 0) is 18.6 Å². The molecule has 2 heterocycles. The third-order valence-corrected chi connectivity index (χ3v) is 4.05. The fourth-order valence-electron chi connectivity index (χ4n) is 1.43. The number of carbonyl (C=O) groups excluding carboxylic acids is 1. The fraction of sp³-hybridized carbons (Fsp3) is 0.250. The van der Waals surface area contributed by atoms with Gasteiger partial charge in [-0.15, -0.1) is 11.3 Å². The normalized spacial score (nSPS) is 10.5. The van der Waals surface area contributed by atoms with E-state index in [2.05, 4.69) is 22.2 Å². The molecule has 0 atom stereocenters. The van der Waals surface area contributed by atoms with Crippen molar-refractivity contribution < 1.29 is 4.79 Å². The lowest BCUT2D eigenvalue weighted by atomic mass is 10.2. The molecular weight excluding hydrogens is 305 g/mol. The summed E-state index contributed by atoms with van der Waals surface area (Å²) in [7, 11) is 0. The van der Waals surface area contributed by atoms with E-state index >= 15 is 0 Å². The molecule has 0 bridgehead atoms. The van der Waals surface area contributed by atoms with E-state index in [0.29, 0.717) is 12.1 Å². The first-order chi connectivity index (χ1) is 9.10. The zero-order valence-electron chi connectivity index (χ0n) is 10.1. The smallest absolute Gasteiger partial charge is 0.254 e. The number of thiazole rings is 1. The maximum absolute atomic E-state index is 11.9. The second kappa shape index (κ2) is 6.32. The molecule has 0 radical (unpaired) electrons. The molecule has 2 aromatic rings. The van der Waals surface area contributed by atoms with Gasteiger partial charge in [-0.3, -0.25) is 4.79 Å². The van der Waals surface area contributed by atoms with Gasteiger partial charge in [-0.25, -0.2) is 9.97 Å². The standard InChI is InChI=1S/C12H11Cl2N3OS/c1-2-7-5-15-10(19-7)6-16-12(18)8-3-4-9(13)17-11(8)14/h3-5H,2,6H2,1H3,(H,16,18). The third-order valence-electron chi connectivity index (χ3n) is 2.41. The zero-order valence-corrected chi connectivity index (χ0v) is 12.4. The minimum atomic E-state index is -0.289. The Kier molecular flexibility index (Phi) is 4.74. The van der Waals surface area contributed by atoms with Gasteiger partial charge >= 0.3 is 0 Å². The van der Waals surface area contributed by atoms with Crippen molar-refractivity contribution in [1.82, 2.24) is 15.3 Å². The van der Waals surface area contributed by atoms with Gasteiger partial charge in [-0.2, -0.15) is 0 Å². The lowest BCUT2D eigenvalue weighted by Gasteiger charge is -2.04. The number of nitrogens with zero attached hydrogens (tertiary/aromatic N) is 2. The number of rotatable bonds is 4. The second-order valence-electron chi connectivity index (χ2n) is 3.73. The first kappa shape index (κ1) is 14.2. The molecule has 0 aliphatic carbocycles. The van der Waals surface area contributed by atoms with Crippen LogP contribution in [0.25, 0.3) is 0 Å². The van der Waals surface area contributed by atoms with Gasteiger partial charge < -0.3 is 5.32 Å². The Bertz CT molecular complexity index is 600. The van der Waals surface area contributed by atoms with Crippen molar-refractivity contribution in [1.29, 1.82) is 0 Å². The average molecular weight is 316 g/mol. The number of hydrogen-bond acceptors (Lipinski definition) is 4. The molecule has 1 amide bonds. The van der Waals surface area contributed by atoms with Gasteiger partial charge in [0.2, 0.25) is 0 Å². The van der Waals surface area contributed by atoms with Crippen LogP contribution >= 0.6 is 34.5 Å². The van der Waals surface area contributed by atoms with Crippen molar-refractivity contribution in [3.05, 3.63) is 44.1 Å². The lowest BCUT2D eigenvalue weighted by Crippen LogP contribution is -2.23. The molecule has 0 unspecified atom stereocenters. The van der Waals surface area contributed by atoms with Gasteiger partial charge in [0.05, 0.1) is 12.1 Å². The highest BCUT2D eigenvalue weighted by atomic mass is 35.5. The minimum Gasteiger partial charge on any atom is -0.345 e. The highest BCUT2D eigenvalue weighted by Crippen LogP contribution is 2.17. The maximum atomic E-state index is 11.9. The van der Waals surface area contributed by atoms with E-state index in [1.54, 1.807) is 17.4 Å². The molecule has 0 saturated carbocycles. The molecule has 7 heteroatoms. The molecule has 100 valence electrons. The number of amides is 1. The van der Waals surface area contributed by atoms with Crippen molar-refractivity contribution in [2.75, 3.05) is 0 Å². The third kappa shape index (κ3) is 3.65. The van der Waals surface area contributed by atoms with Crippen molar-refractivity contribution in [2.45, 2.75) is 19.9 Å². The molecule has 0 aromatic carbocycles. The summed E-state index contributed by atoms with van der Waals surface area (Å²) in [6, 6.07) is 3.08. The second-order valence-corrected chi connectivity index (χ2v) is 5.67. The van der Waals surface area contributed by atoms with E-state index in [1.807, 2.05) is 6.20 Å². The Hall–Kier alpha value is -1.17. The topological polar surface area (TPSA) is 54.9 Å². The summed E-state index contributed by atoms with van der Waals surface area (Å²) in [6.45, 7) is 2.44. The van der Waals surface area contributed by atoms with Crippen LogP contribution in [0.1, 0.15) is 27.2 Å². The van der Waals surface area contributed by atoms with Crippen LogP contribution in [0.5, 0.6) is 0 Å². The van der Waals surface area contributed by atoms with Crippen molar-refractivity contribution in [2.24, 2.45) is 0 Å². The number of aromatic nitrogens is 2. The average Bonchev–Trinajstić information content (AvgIpc) is 2.84. The Labute approximate surface area is 124 Å². The highest BCUT2D eigenvalue weighted by molar-refractivity contribution is 7.11. The number of hydrogen-bond donors (Lipinski definition) is 1. The number of carbonyl (C=O) groups is 1. The van der Waals surface area contributed by atoms with Gasteiger partial charge in [-0.1, -0.05) is 30.1 Å². The van der Waals surface area contributed by atoms with Gasteiger partial charge in [0.1, 0.15) is 15.3 Å². The molecule has 0 aliphatic heterocycles. The van der Waals surface area contributed by atoms with Crippen LogP contribution in [0.2, 0.25) is 10.3 Å². The van der Waals surface area contributed by atoms with Gasteiger partial charge in [0.25, 0.3) is 5.91 Å². The zero-order chi connectivity index (χ0) is 13.8. The molecule has 0 aliphatic rings. The van der Waals surface area contributed by atoms with E-state index in [0.717, 1.165) is 11.4 Å². The van der Waals surface area contributed by atoms with Gasteiger partial charge in [0, 0.05) is 11.1 Å². The van der Waals surface area contributed by atoms with Crippen LogP contribution in [0.4, 0.5) is 0 Å². The summed E-state index contributed by atoms with van der Waals surface area (Å²) in [6.07, 6.45) is 2.77. The van der Waals surface area contributed by atoms with Gasteiger partial charge in [0.15, 0.2) is 0 Å². The van der Waals surface area contributed by atoms with Crippen molar-refractivity contribution in [3.63, 3.8) is 0 Å². The number of aryl methyl sites for hydroxylation is 1. The Morgan fingerprint density at radius 2 is 2.21 bits per heavy atom. The van der Waals surface area contributed by atoms with Crippen LogP contribution < -0.4 is 5.32 Å². The summed E-state index contributed by atoms with van der Waals surface area (Å²) in [5.41, 5.74) is 0.304. The lowest BCUT2D eigenvalue weighted by molar-refractivity contribution is 0.0950. The Morgan fingerprint density at radius 1 is 1.42 bits per heavy atom. The fourth-order valence-corrected chi connectivity index (χ4v) is 2.66. The van der Waals surface area contributed by atoms with E-state index in [9.17, 15) is 4.79 Å². The summed E-state index contributed by atoms with van der Waals surface area (Å²) in [5.74, 6) is -0.289.